The SMILES string of the molecule is Cc1nnn(CCN(C)C)c1S(=O)(=O)Cl. The van der Waals surface area contributed by atoms with E-state index in [0.29, 0.717) is 18.8 Å². The number of likely N-dealkylation sites (N-methyl/N-ethyl adjacent to an activating group) is 1. The molecule has 0 aliphatic carbocycles. The molecule has 0 fully saturated rings. The number of nitrogens with zero attached hydrogens (tertiary/aromatic N) is 4. The number of aryl methyl sites for hydroxylation is 1. The molecular weight excluding hydrogens is 240 g/mol. The van der Waals surface area contributed by atoms with E-state index in [-0.39, 0.29) is 5.03 Å². The lowest BCUT2D eigenvalue weighted by Crippen LogP contribution is -2.20. The first kappa shape index (κ1) is 12.4. The maximum Gasteiger partial charge on any atom is 0.280 e. The van der Waals surface area contributed by atoms with Gasteiger partial charge in [0.15, 0.2) is 5.03 Å². The van der Waals surface area contributed by atoms with Crippen LogP contribution in [-0.2, 0) is 15.6 Å². The van der Waals surface area contributed by atoms with Crippen molar-refractivity contribution in [1.29, 1.82) is 0 Å². The van der Waals surface area contributed by atoms with Crippen molar-refractivity contribution in [1.82, 2.24) is 19.9 Å². The molecule has 1 aromatic rings. The van der Waals surface area contributed by atoms with Gasteiger partial charge in [-0.05, 0) is 21.0 Å². The molecule has 0 bridgehead atoms. The average molecular weight is 253 g/mol. The third-order valence-electron chi connectivity index (χ3n) is 1.84. The largest absolute Gasteiger partial charge is 0.308 e. The van der Waals surface area contributed by atoms with Crippen molar-refractivity contribution in [2.24, 2.45) is 0 Å². The van der Waals surface area contributed by atoms with Crippen molar-refractivity contribution in [3.05, 3.63) is 5.69 Å². The summed E-state index contributed by atoms with van der Waals surface area (Å²) >= 11 is 0. The number of rotatable bonds is 4. The molecule has 0 aromatic carbocycles. The predicted octanol–water partition coefficient (Wildman–Crippen LogP) is 0.0756. The van der Waals surface area contributed by atoms with E-state index >= 15 is 0 Å². The van der Waals surface area contributed by atoms with Crippen LogP contribution >= 0.6 is 10.7 Å². The van der Waals surface area contributed by atoms with Gasteiger partial charge < -0.3 is 4.90 Å². The second-order valence-electron chi connectivity index (χ2n) is 3.44. The van der Waals surface area contributed by atoms with Crippen LogP contribution in [0.4, 0.5) is 0 Å². The normalized spacial score (nSPS) is 12.3. The zero-order valence-electron chi connectivity index (χ0n) is 8.81. The van der Waals surface area contributed by atoms with Gasteiger partial charge in [-0.25, -0.2) is 13.1 Å². The van der Waals surface area contributed by atoms with Gasteiger partial charge in [0.05, 0.1) is 12.2 Å². The summed E-state index contributed by atoms with van der Waals surface area (Å²) in [5.41, 5.74) is 0.323. The maximum atomic E-state index is 11.2. The number of hydrogen-bond acceptors (Lipinski definition) is 5. The predicted molar refractivity (Wildman–Crippen MR) is 56.4 cm³/mol. The summed E-state index contributed by atoms with van der Waals surface area (Å²) in [7, 11) is 5.28. The van der Waals surface area contributed by atoms with Crippen molar-refractivity contribution in [2.45, 2.75) is 18.5 Å². The Bertz CT molecular complexity index is 440. The Hall–Kier alpha value is -0.660. The molecule has 0 atom stereocenters. The average Bonchev–Trinajstić information content (AvgIpc) is 2.42. The van der Waals surface area contributed by atoms with E-state index in [2.05, 4.69) is 10.3 Å². The van der Waals surface area contributed by atoms with Crippen molar-refractivity contribution in [3.8, 4) is 0 Å². The summed E-state index contributed by atoms with van der Waals surface area (Å²) in [6.45, 7) is 2.67. The van der Waals surface area contributed by atoms with Crippen LogP contribution in [0, 0.1) is 6.92 Å². The molecule has 0 aliphatic rings. The van der Waals surface area contributed by atoms with Gasteiger partial charge in [-0.1, -0.05) is 5.21 Å². The molecule has 0 saturated heterocycles. The van der Waals surface area contributed by atoms with Gasteiger partial charge in [-0.15, -0.1) is 5.10 Å². The fraction of sp³-hybridized carbons (Fsp3) is 0.714. The minimum absolute atomic E-state index is 0.0222. The van der Waals surface area contributed by atoms with Gasteiger partial charge in [-0.2, -0.15) is 0 Å². The third-order valence-corrected chi connectivity index (χ3v) is 3.24. The van der Waals surface area contributed by atoms with E-state index in [9.17, 15) is 8.42 Å². The quantitative estimate of drug-likeness (QED) is 0.710. The topological polar surface area (TPSA) is 68.1 Å². The first-order chi connectivity index (χ1) is 6.82. The van der Waals surface area contributed by atoms with E-state index < -0.39 is 9.05 Å². The number of aromatic nitrogens is 3. The van der Waals surface area contributed by atoms with Crippen LogP contribution in [0.15, 0.2) is 5.03 Å². The Balaban J connectivity index is 3.00. The summed E-state index contributed by atoms with van der Waals surface area (Å²) < 4.78 is 23.8. The first-order valence-electron chi connectivity index (χ1n) is 4.32. The molecule has 0 saturated carbocycles. The molecule has 0 radical (unpaired) electrons. The lowest BCUT2D eigenvalue weighted by molar-refractivity contribution is 0.360. The maximum absolute atomic E-state index is 11.2. The molecular formula is C7H13ClN4O2S. The van der Waals surface area contributed by atoms with Crippen LogP contribution in [0.5, 0.6) is 0 Å². The van der Waals surface area contributed by atoms with Gasteiger partial charge in [0, 0.05) is 17.2 Å². The van der Waals surface area contributed by atoms with Crippen LogP contribution in [0.3, 0.4) is 0 Å². The highest BCUT2D eigenvalue weighted by Crippen LogP contribution is 2.16. The van der Waals surface area contributed by atoms with Crippen molar-refractivity contribution in [2.75, 3.05) is 20.6 Å². The van der Waals surface area contributed by atoms with E-state index in [4.69, 9.17) is 10.7 Å². The first-order valence-corrected chi connectivity index (χ1v) is 6.63. The van der Waals surface area contributed by atoms with Crippen LogP contribution in [0.2, 0.25) is 0 Å². The lowest BCUT2D eigenvalue weighted by atomic mass is 10.5. The van der Waals surface area contributed by atoms with Crippen LogP contribution in [0.1, 0.15) is 5.69 Å². The molecule has 1 heterocycles. The standard InChI is InChI=1S/C7H13ClN4O2S/c1-6-7(15(8,13)14)12(10-9-6)5-4-11(2)3/h4-5H2,1-3H3. The van der Waals surface area contributed by atoms with Crippen molar-refractivity contribution >= 4 is 19.7 Å². The van der Waals surface area contributed by atoms with Crippen molar-refractivity contribution in [3.63, 3.8) is 0 Å². The summed E-state index contributed by atoms with van der Waals surface area (Å²) in [6, 6.07) is 0. The summed E-state index contributed by atoms with van der Waals surface area (Å²) in [6.07, 6.45) is 0. The zero-order valence-corrected chi connectivity index (χ0v) is 10.4. The smallest absolute Gasteiger partial charge is 0.280 e. The Kier molecular flexibility index (Phi) is 3.69. The second kappa shape index (κ2) is 4.46. The number of hydrogen-bond donors (Lipinski definition) is 0. The van der Waals surface area contributed by atoms with Gasteiger partial charge in [0.1, 0.15) is 0 Å². The minimum Gasteiger partial charge on any atom is -0.308 e. The molecule has 0 amide bonds. The molecule has 0 spiro atoms. The zero-order chi connectivity index (χ0) is 11.6. The highest BCUT2D eigenvalue weighted by molar-refractivity contribution is 8.13. The lowest BCUT2D eigenvalue weighted by Gasteiger charge is -2.09. The monoisotopic (exact) mass is 252 g/mol. The Labute approximate surface area is 93.2 Å². The molecule has 1 rings (SSSR count). The van der Waals surface area contributed by atoms with E-state index in [1.807, 2.05) is 19.0 Å². The summed E-state index contributed by atoms with van der Waals surface area (Å²) in [5, 5.41) is 7.40. The fourth-order valence-corrected chi connectivity index (χ4v) is 2.48. The van der Waals surface area contributed by atoms with Gasteiger partial charge in [-0.3, -0.25) is 0 Å². The van der Waals surface area contributed by atoms with Crippen LogP contribution in [-0.4, -0.2) is 49.0 Å². The molecule has 86 valence electrons. The van der Waals surface area contributed by atoms with Gasteiger partial charge in [0.25, 0.3) is 9.05 Å². The summed E-state index contributed by atoms with van der Waals surface area (Å²) in [5.74, 6) is 0. The molecule has 15 heavy (non-hydrogen) atoms. The fourth-order valence-electron chi connectivity index (χ4n) is 1.13. The van der Waals surface area contributed by atoms with Crippen LogP contribution < -0.4 is 0 Å². The Morgan fingerprint density at radius 1 is 1.47 bits per heavy atom. The molecule has 0 unspecified atom stereocenters. The number of halogens is 1. The van der Waals surface area contributed by atoms with Gasteiger partial charge in [0.2, 0.25) is 0 Å². The molecule has 0 aliphatic heterocycles. The van der Waals surface area contributed by atoms with E-state index in [1.54, 1.807) is 6.92 Å². The Morgan fingerprint density at radius 2 is 2.07 bits per heavy atom. The second-order valence-corrected chi connectivity index (χ2v) is 5.93. The highest BCUT2D eigenvalue weighted by atomic mass is 35.7. The molecule has 6 nitrogen and oxygen atoms in total. The molecule has 8 heteroatoms. The minimum atomic E-state index is -3.78. The van der Waals surface area contributed by atoms with Crippen LogP contribution in [0.25, 0.3) is 0 Å². The molecule has 1 aromatic heterocycles. The van der Waals surface area contributed by atoms with Gasteiger partial charge >= 0.3 is 0 Å². The third kappa shape index (κ3) is 3.15. The van der Waals surface area contributed by atoms with E-state index in [1.165, 1.54) is 4.68 Å². The summed E-state index contributed by atoms with van der Waals surface area (Å²) in [4.78, 5) is 1.92. The Morgan fingerprint density at radius 3 is 2.53 bits per heavy atom. The van der Waals surface area contributed by atoms with Crippen molar-refractivity contribution < 1.29 is 8.42 Å². The molecule has 0 N–H and O–H groups in total. The highest BCUT2D eigenvalue weighted by Gasteiger charge is 2.21. The van der Waals surface area contributed by atoms with E-state index in [0.717, 1.165) is 0 Å².